The Morgan fingerprint density at radius 2 is 1.86 bits per heavy atom. The van der Waals surface area contributed by atoms with Crippen LogP contribution in [-0.4, -0.2) is 25.0 Å². The first-order chi connectivity index (χ1) is 10.7. The summed E-state index contributed by atoms with van der Waals surface area (Å²) < 4.78 is 10.5. The molecule has 2 aromatic rings. The molecule has 0 unspecified atom stereocenters. The first-order valence-electron chi connectivity index (χ1n) is 7.07. The zero-order valence-electron chi connectivity index (χ0n) is 13.0. The minimum absolute atomic E-state index is 0.107. The van der Waals surface area contributed by atoms with Gasteiger partial charge < -0.3 is 9.47 Å². The lowest BCUT2D eigenvalue weighted by Crippen LogP contribution is -2.01. The van der Waals surface area contributed by atoms with Crippen molar-refractivity contribution in [3.05, 3.63) is 59.9 Å². The number of nitrogens with zero attached hydrogens (tertiary/aromatic N) is 1. The fourth-order valence-corrected chi connectivity index (χ4v) is 2.20. The van der Waals surface area contributed by atoms with Gasteiger partial charge in [0.25, 0.3) is 0 Å². The molecule has 0 radical (unpaired) electrons. The van der Waals surface area contributed by atoms with Gasteiger partial charge in [-0.15, -0.1) is 0 Å². The normalized spacial score (nSPS) is 11.1. The van der Waals surface area contributed by atoms with Crippen LogP contribution in [0.15, 0.2) is 48.8 Å². The standard InChI is InChI=1S/C18H19NO3/c1-4-13(14-7-9-19-10-8-14)11-17(20)16-12-15(21-2)5-6-18(16)22-3/h5-12H,4H2,1-3H3. The summed E-state index contributed by atoms with van der Waals surface area (Å²) in [7, 11) is 3.12. The fraction of sp³-hybridized carbons (Fsp3) is 0.222. The summed E-state index contributed by atoms with van der Waals surface area (Å²) in [6, 6.07) is 8.98. The van der Waals surface area contributed by atoms with E-state index in [1.165, 1.54) is 0 Å². The topological polar surface area (TPSA) is 48.4 Å². The van der Waals surface area contributed by atoms with E-state index in [0.29, 0.717) is 17.1 Å². The molecule has 0 N–H and O–H groups in total. The van der Waals surface area contributed by atoms with Gasteiger partial charge in [-0.3, -0.25) is 9.78 Å². The second-order valence-corrected chi connectivity index (χ2v) is 4.69. The molecular formula is C18H19NO3. The quantitative estimate of drug-likeness (QED) is 0.601. The minimum atomic E-state index is -0.107. The van der Waals surface area contributed by atoms with Crippen LogP contribution in [0.25, 0.3) is 5.57 Å². The number of ether oxygens (including phenoxy) is 2. The van der Waals surface area contributed by atoms with Crippen molar-refractivity contribution < 1.29 is 14.3 Å². The van der Waals surface area contributed by atoms with Crippen LogP contribution in [0, 0.1) is 0 Å². The van der Waals surface area contributed by atoms with Crippen molar-refractivity contribution in [2.24, 2.45) is 0 Å². The number of allylic oxidation sites excluding steroid dienone is 2. The summed E-state index contributed by atoms with van der Waals surface area (Å²) >= 11 is 0. The SMILES string of the molecule is CCC(=CC(=O)c1cc(OC)ccc1OC)c1ccncc1. The number of rotatable bonds is 6. The molecule has 4 heteroatoms. The molecule has 4 nitrogen and oxygen atoms in total. The van der Waals surface area contributed by atoms with Gasteiger partial charge in [0.1, 0.15) is 11.5 Å². The van der Waals surface area contributed by atoms with Crippen LogP contribution in [0.5, 0.6) is 11.5 Å². The Balaban J connectivity index is 2.40. The third-order valence-electron chi connectivity index (χ3n) is 3.41. The Morgan fingerprint density at radius 1 is 1.14 bits per heavy atom. The van der Waals surface area contributed by atoms with E-state index in [4.69, 9.17) is 9.47 Å². The molecule has 0 fully saturated rings. The number of carbonyl (C=O) groups is 1. The zero-order chi connectivity index (χ0) is 15.9. The number of pyridine rings is 1. The van der Waals surface area contributed by atoms with Crippen molar-refractivity contribution in [2.75, 3.05) is 14.2 Å². The molecule has 1 heterocycles. The molecule has 0 aliphatic rings. The lowest BCUT2D eigenvalue weighted by molar-refractivity contribution is 0.104. The van der Waals surface area contributed by atoms with E-state index < -0.39 is 0 Å². The summed E-state index contributed by atoms with van der Waals surface area (Å²) in [5, 5.41) is 0. The number of benzene rings is 1. The highest BCUT2D eigenvalue weighted by Crippen LogP contribution is 2.26. The van der Waals surface area contributed by atoms with E-state index in [1.54, 1.807) is 50.9 Å². The second-order valence-electron chi connectivity index (χ2n) is 4.69. The number of methoxy groups -OCH3 is 2. The van der Waals surface area contributed by atoms with Gasteiger partial charge >= 0.3 is 0 Å². The summed E-state index contributed by atoms with van der Waals surface area (Å²) in [6.07, 6.45) is 5.83. The molecule has 0 bridgehead atoms. The van der Waals surface area contributed by atoms with Crippen LogP contribution >= 0.6 is 0 Å². The minimum Gasteiger partial charge on any atom is -0.497 e. The molecule has 0 aliphatic heterocycles. The summed E-state index contributed by atoms with van der Waals surface area (Å²) in [6.45, 7) is 2.02. The third-order valence-corrected chi connectivity index (χ3v) is 3.41. The van der Waals surface area contributed by atoms with E-state index in [9.17, 15) is 4.79 Å². The van der Waals surface area contributed by atoms with Gasteiger partial charge in [0.15, 0.2) is 5.78 Å². The summed E-state index contributed by atoms with van der Waals surface area (Å²) in [5.41, 5.74) is 2.44. The molecule has 0 spiro atoms. The molecule has 2 rings (SSSR count). The van der Waals surface area contributed by atoms with Crippen molar-refractivity contribution in [3.63, 3.8) is 0 Å². The van der Waals surface area contributed by atoms with Gasteiger partial charge in [-0.05, 0) is 54.0 Å². The monoisotopic (exact) mass is 297 g/mol. The van der Waals surface area contributed by atoms with Crippen molar-refractivity contribution in [2.45, 2.75) is 13.3 Å². The Hall–Kier alpha value is -2.62. The van der Waals surface area contributed by atoms with E-state index in [-0.39, 0.29) is 5.78 Å². The van der Waals surface area contributed by atoms with Crippen LogP contribution in [0.2, 0.25) is 0 Å². The van der Waals surface area contributed by atoms with E-state index in [2.05, 4.69) is 4.98 Å². The van der Waals surface area contributed by atoms with Gasteiger partial charge in [0.2, 0.25) is 0 Å². The Morgan fingerprint density at radius 3 is 2.45 bits per heavy atom. The van der Waals surface area contributed by atoms with E-state index >= 15 is 0 Å². The zero-order valence-corrected chi connectivity index (χ0v) is 13.0. The molecule has 0 saturated heterocycles. The smallest absolute Gasteiger partial charge is 0.189 e. The molecular weight excluding hydrogens is 278 g/mol. The Bertz CT molecular complexity index is 678. The number of ketones is 1. The first-order valence-corrected chi connectivity index (χ1v) is 7.07. The van der Waals surface area contributed by atoms with Crippen LogP contribution in [0.1, 0.15) is 29.3 Å². The number of hydrogen-bond acceptors (Lipinski definition) is 4. The third kappa shape index (κ3) is 3.52. The molecule has 1 aromatic carbocycles. The molecule has 0 saturated carbocycles. The molecule has 0 amide bonds. The highest BCUT2D eigenvalue weighted by Gasteiger charge is 2.13. The number of hydrogen-bond donors (Lipinski definition) is 0. The highest BCUT2D eigenvalue weighted by molar-refractivity contribution is 6.10. The fourth-order valence-electron chi connectivity index (χ4n) is 2.20. The van der Waals surface area contributed by atoms with Crippen LogP contribution in [0.4, 0.5) is 0 Å². The second kappa shape index (κ2) is 7.41. The molecule has 114 valence electrons. The van der Waals surface area contributed by atoms with Crippen LogP contribution in [0.3, 0.4) is 0 Å². The molecule has 22 heavy (non-hydrogen) atoms. The number of aromatic nitrogens is 1. The lowest BCUT2D eigenvalue weighted by Gasteiger charge is -2.09. The Labute approximate surface area is 130 Å². The largest absolute Gasteiger partial charge is 0.497 e. The van der Waals surface area contributed by atoms with Crippen molar-refractivity contribution in [3.8, 4) is 11.5 Å². The molecule has 1 aromatic heterocycles. The van der Waals surface area contributed by atoms with Gasteiger partial charge in [-0.2, -0.15) is 0 Å². The lowest BCUT2D eigenvalue weighted by atomic mass is 10.0. The van der Waals surface area contributed by atoms with Gasteiger partial charge in [0, 0.05) is 12.4 Å². The predicted octanol–water partition coefficient (Wildman–Crippen LogP) is 3.78. The predicted molar refractivity (Wildman–Crippen MR) is 86.4 cm³/mol. The van der Waals surface area contributed by atoms with Gasteiger partial charge in [0.05, 0.1) is 19.8 Å². The average Bonchev–Trinajstić information content (AvgIpc) is 2.59. The molecule has 0 atom stereocenters. The van der Waals surface area contributed by atoms with E-state index in [0.717, 1.165) is 17.6 Å². The maximum absolute atomic E-state index is 12.6. The van der Waals surface area contributed by atoms with Crippen LogP contribution in [-0.2, 0) is 0 Å². The van der Waals surface area contributed by atoms with Gasteiger partial charge in [-0.25, -0.2) is 0 Å². The molecule has 0 aliphatic carbocycles. The van der Waals surface area contributed by atoms with E-state index in [1.807, 2.05) is 19.1 Å². The van der Waals surface area contributed by atoms with Crippen molar-refractivity contribution >= 4 is 11.4 Å². The summed E-state index contributed by atoms with van der Waals surface area (Å²) in [4.78, 5) is 16.6. The summed E-state index contributed by atoms with van der Waals surface area (Å²) in [5.74, 6) is 1.05. The van der Waals surface area contributed by atoms with Crippen molar-refractivity contribution in [1.82, 2.24) is 4.98 Å². The first kappa shape index (κ1) is 15.8. The maximum atomic E-state index is 12.6. The van der Waals surface area contributed by atoms with Crippen molar-refractivity contribution in [1.29, 1.82) is 0 Å². The van der Waals surface area contributed by atoms with Gasteiger partial charge in [-0.1, -0.05) is 6.92 Å². The number of carbonyl (C=O) groups excluding carboxylic acids is 1. The highest BCUT2D eigenvalue weighted by atomic mass is 16.5. The van der Waals surface area contributed by atoms with Crippen LogP contribution < -0.4 is 9.47 Å². The maximum Gasteiger partial charge on any atom is 0.189 e. The average molecular weight is 297 g/mol. The Kier molecular flexibility index (Phi) is 5.31.